The fourth-order valence-corrected chi connectivity index (χ4v) is 2.49. The molecule has 0 bridgehead atoms. The maximum absolute atomic E-state index is 11.9. The van der Waals surface area contributed by atoms with Gasteiger partial charge in [-0.2, -0.15) is 0 Å². The first-order chi connectivity index (χ1) is 9.08. The molecule has 1 fully saturated rings. The summed E-state index contributed by atoms with van der Waals surface area (Å²) in [5.41, 5.74) is 2.79. The molecule has 102 valence electrons. The molecule has 2 rings (SSSR count). The smallest absolute Gasteiger partial charge is 0.338 e. The third-order valence-corrected chi connectivity index (χ3v) is 3.90. The van der Waals surface area contributed by atoms with Crippen molar-refractivity contribution in [2.45, 2.75) is 32.1 Å². The minimum Gasteiger partial charge on any atom is -0.465 e. The number of benzene rings is 1. The van der Waals surface area contributed by atoms with E-state index in [9.17, 15) is 9.59 Å². The van der Waals surface area contributed by atoms with Crippen molar-refractivity contribution >= 4 is 24.7 Å². The molecular formula is C14H17NO3S. The fraction of sp³-hybridized carbons (Fsp3) is 0.429. The molecule has 0 radical (unpaired) electrons. The molecule has 0 aliphatic heterocycles. The third kappa shape index (κ3) is 2.61. The first kappa shape index (κ1) is 13.9. The molecule has 4 nitrogen and oxygen atoms in total. The molecule has 0 spiro atoms. The highest BCUT2D eigenvalue weighted by Gasteiger charge is 2.26. The zero-order valence-electron chi connectivity index (χ0n) is 11.0. The Bertz CT molecular complexity index is 524. The van der Waals surface area contributed by atoms with E-state index in [1.807, 2.05) is 13.0 Å². The minimum absolute atomic E-state index is 0.282. The summed E-state index contributed by atoms with van der Waals surface area (Å²) in [6.07, 6.45) is 3.36. The number of carbonyl (C=O) groups excluding carboxylic acids is 2. The molecule has 1 amide bonds. The third-order valence-electron chi connectivity index (χ3n) is 3.69. The number of aryl methyl sites for hydroxylation is 1. The van der Waals surface area contributed by atoms with Crippen molar-refractivity contribution in [3.8, 4) is 0 Å². The number of amides is 1. The van der Waals surface area contributed by atoms with Crippen LogP contribution in [-0.4, -0.2) is 19.0 Å². The van der Waals surface area contributed by atoms with Gasteiger partial charge in [0, 0.05) is 5.56 Å². The molecule has 1 saturated carbocycles. The molecule has 5 heteroatoms. The van der Waals surface area contributed by atoms with Gasteiger partial charge in [-0.25, -0.2) is 4.79 Å². The number of ether oxygens (including phenoxy) is 1. The Hall–Kier alpha value is -1.49. The van der Waals surface area contributed by atoms with Crippen LogP contribution in [-0.2, 0) is 4.74 Å². The quantitative estimate of drug-likeness (QED) is 0.660. The van der Waals surface area contributed by atoms with E-state index in [0.29, 0.717) is 17.0 Å². The average Bonchev–Trinajstić information content (AvgIpc) is 2.35. The van der Waals surface area contributed by atoms with Crippen LogP contribution in [0.5, 0.6) is 0 Å². The molecule has 0 aromatic heterocycles. The summed E-state index contributed by atoms with van der Waals surface area (Å²) in [4.78, 5) is 23.6. The van der Waals surface area contributed by atoms with Crippen molar-refractivity contribution in [3.05, 3.63) is 34.4 Å². The Morgan fingerprint density at radius 2 is 2.00 bits per heavy atom. The lowest BCUT2D eigenvalue weighted by atomic mass is 9.77. The highest BCUT2D eigenvalue weighted by molar-refractivity contribution is 7.78. The average molecular weight is 279 g/mol. The van der Waals surface area contributed by atoms with Crippen molar-refractivity contribution in [2.24, 2.45) is 0 Å². The van der Waals surface area contributed by atoms with Gasteiger partial charge in [-0.1, -0.05) is 25.3 Å². The normalized spacial score (nSPS) is 14.7. The van der Waals surface area contributed by atoms with Crippen LogP contribution >= 0.6 is 12.8 Å². The van der Waals surface area contributed by atoms with Gasteiger partial charge < -0.3 is 4.74 Å². The number of rotatable bonds is 3. The highest BCUT2D eigenvalue weighted by Crippen LogP contribution is 2.39. The molecule has 0 atom stereocenters. The van der Waals surface area contributed by atoms with Crippen molar-refractivity contribution < 1.29 is 14.3 Å². The summed E-state index contributed by atoms with van der Waals surface area (Å²) in [6, 6.07) is 3.54. The van der Waals surface area contributed by atoms with Crippen LogP contribution < -0.4 is 4.72 Å². The Kier molecular flexibility index (Phi) is 4.14. The summed E-state index contributed by atoms with van der Waals surface area (Å²) in [6.45, 7) is 1.86. The van der Waals surface area contributed by atoms with E-state index >= 15 is 0 Å². The van der Waals surface area contributed by atoms with Gasteiger partial charge in [-0.3, -0.25) is 9.52 Å². The lowest BCUT2D eigenvalue weighted by Gasteiger charge is -2.28. The largest absolute Gasteiger partial charge is 0.465 e. The lowest BCUT2D eigenvalue weighted by Crippen LogP contribution is -2.21. The Labute approximate surface area is 118 Å². The van der Waals surface area contributed by atoms with Gasteiger partial charge in [0.15, 0.2) is 0 Å². The van der Waals surface area contributed by atoms with Gasteiger partial charge >= 0.3 is 5.97 Å². The molecule has 1 aliphatic carbocycles. The highest BCUT2D eigenvalue weighted by atomic mass is 32.1. The van der Waals surface area contributed by atoms with Crippen LogP contribution in [0.15, 0.2) is 12.1 Å². The Morgan fingerprint density at radius 3 is 2.47 bits per heavy atom. The molecule has 1 aromatic rings. The number of methoxy groups -OCH3 is 1. The lowest BCUT2D eigenvalue weighted by molar-refractivity contribution is 0.0600. The van der Waals surface area contributed by atoms with Crippen molar-refractivity contribution in [3.63, 3.8) is 0 Å². The fourth-order valence-electron chi connectivity index (χ4n) is 2.37. The van der Waals surface area contributed by atoms with E-state index in [0.717, 1.165) is 24.0 Å². The van der Waals surface area contributed by atoms with Crippen LogP contribution in [0.25, 0.3) is 0 Å². The van der Waals surface area contributed by atoms with Gasteiger partial charge in [0.2, 0.25) is 0 Å². The number of esters is 1. The van der Waals surface area contributed by atoms with Gasteiger partial charge in [0.05, 0.1) is 12.7 Å². The van der Waals surface area contributed by atoms with Gasteiger partial charge in [0.1, 0.15) is 0 Å². The predicted molar refractivity (Wildman–Crippen MR) is 75.6 cm³/mol. The molecule has 19 heavy (non-hydrogen) atoms. The topological polar surface area (TPSA) is 55.4 Å². The maximum atomic E-state index is 11.9. The second-order valence-electron chi connectivity index (χ2n) is 4.81. The predicted octanol–water partition coefficient (Wildman–Crippen LogP) is 2.62. The second kappa shape index (κ2) is 5.65. The number of nitrogens with one attached hydrogen (secondary N) is 1. The summed E-state index contributed by atoms with van der Waals surface area (Å²) >= 11 is 3.81. The van der Waals surface area contributed by atoms with E-state index in [1.165, 1.54) is 13.5 Å². The maximum Gasteiger partial charge on any atom is 0.338 e. The van der Waals surface area contributed by atoms with Gasteiger partial charge in [0.25, 0.3) is 5.91 Å². The summed E-state index contributed by atoms with van der Waals surface area (Å²) in [5.74, 6) is -0.299. The van der Waals surface area contributed by atoms with Crippen molar-refractivity contribution in [1.82, 2.24) is 4.72 Å². The first-order valence-electron chi connectivity index (χ1n) is 6.25. The van der Waals surface area contributed by atoms with E-state index in [1.54, 1.807) is 6.07 Å². The van der Waals surface area contributed by atoms with Crippen LogP contribution in [0, 0.1) is 6.92 Å². The number of thiol groups is 1. The monoisotopic (exact) mass is 279 g/mol. The van der Waals surface area contributed by atoms with Crippen LogP contribution in [0.2, 0.25) is 0 Å². The van der Waals surface area contributed by atoms with Gasteiger partial charge in [-0.15, -0.1) is 0 Å². The second-order valence-corrected chi connectivity index (χ2v) is 5.04. The zero-order chi connectivity index (χ0) is 14.0. The first-order valence-corrected chi connectivity index (χ1v) is 6.70. The van der Waals surface area contributed by atoms with Crippen LogP contribution in [0.3, 0.4) is 0 Å². The molecule has 1 N–H and O–H groups in total. The van der Waals surface area contributed by atoms with E-state index in [2.05, 4.69) is 17.5 Å². The molecule has 0 heterocycles. The molecule has 0 unspecified atom stereocenters. The van der Waals surface area contributed by atoms with Crippen LogP contribution in [0.4, 0.5) is 0 Å². The SMILES string of the molecule is COC(=O)c1cc(C(=O)NS)c(C2CCC2)cc1C. The summed E-state index contributed by atoms with van der Waals surface area (Å²) < 4.78 is 7.07. The van der Waals surface area contributed by atoms with Crippen molar-refractivity contribution in [1.29, 1.82) is 0 Å². The zero-order valence-corrected chi connectivity index (χ0v) is 11.9. The Morgan fingerprint density at radius 1 is 1.32 bits per heavy atom. The summed E-state index contributed by atoms with van der Waals surface area (Å²) in [5, 5.41) is 0. The molecule has 1 aliphatic rings. The standard InChI is InChI=1S/C14H17NO3S/c1-8-6-11(9-4-3-5-9)12(13(16)15-19)7-10(8)14(17)18-2/h6-7,9,19H,3-5H2,1-2H3,(H,15,16). The van der Waals surface area contributed by atoms with E-state index in [-0.39, 0.29) is 5.91 Å². The minimum atomic E-state index is -0.425. The van der Waals surface area contributed by atoms with Gasteiger partial charge in [-0.05, 0) is 42.9 Å². The summed E-state index contributed by atoms with van der Waals surface area (Å²) in [7, 11) is 1.33. The molecule has 1 aromatic carbocycles. The number of hydrogen-bond acceptors (Lipinski definition) is 4. The molecular weight excluding hydrogens is 262 g/mol. The van der Waals surface area contributed by atoms with Crippen LogP contribution in [0.1, 0.15) is 57.0 Å². The number of hydrogen-bond donors (Lipinski definition) is 2. The van der Waals surface area contributed by atoms with E-state index in [4.69, 9.17) is 4.74 Å². The molecule has 0 saturated heterocycles. The number of carbonyl (C=O) groups is 2. The van der Waals surface area contributed by atoms with E-state index < -0.39 is 5.97 Å². The Balaban J connectivity index is 2.51. The van der Waals surface area contributed by atoms with Crippen molar-refractivity contribution in [2.75, 3.05) is 7.11 Å².